The topological polar surface area (TPSA) is 90.9 Å². The number of methoxy groups -OCH3 is 1. The third-order valence-corrected chi connectivity index (χ3v) is 3.83. The number of nitrogens with zero attached hydrogens (tertiary/aromatic N) is 5. The maximum Gasteiger partial charge on any atom is 0.252 e. The molecule has 0 amide bonds. The van der Waals surface area contributed by atoms with Gasteiger partial charge >= 0.3 is 0 Å². The Bertz CT molecular complexity index is 696. The van der Waals surface area contributed by atoms with E-state index in [1.807, 2.05) is 14.0 Å². The highest BCUT2D eigenvalue weighted by Gasteiger charge is 2.12. The van der Waals surface area contributed by atoms with E-state index in [-0.39, 0.29) is 0 Å². The van der Waals surface area contributed by atoms with Crippen molar-refractivity contribution in [2.45, 2.75) is 20.1 Å². The van der Waals surface area contributed by atoms with E-state index < -0.39 is 0 Å². The summed E-state index contributed by atoms with van der Waals surface area (Å²) < 4.78 is 12.8. The summed E-state index contributed by atoms with van der Waals surface area (Å²) in [7, 11) is 3.47. The first-order chi connectivity index (χ1) is 9.67. The van der Waals surface area contributed by atoms with E-state index in [4.69, 9.17) is 9.26 Å². The zero-order chi connectivity index (χ0) is 14.1. The Morgan fingerprint density at radius 2 is 2.25 bits per heavy atom. The highest BCUT2D eigenvalue weighted by molar-refractivity contribution is 7.22. The second-order valence-electron chi connectivity index (χ2n) is 4.27. The minimum Gasteiger partial charge on any atom is -0.375 e. The number of ether oxygens (including phenoxy) is 1. The van der Waals surface area contributed by atoms with Gasteiger partial charge in [-0.05, 0) is 6.92 Å². The minimum absolute atomic E-state index is 0.318. The lowest BCUT2D eigenvalue weighted by atomic mass is 10.5. The first-order valence-corrected chi connectivity index (χ1v) is 6.83. The van der Waals surface area contributed by atoms with Crippen molar-refractivity contribution in [3.8, 4) is 0 Å². The largest absolute Gasteiger partial charge is 0.375 e. The molecule has 0 aliphatic heterocycles. The van der Waals surface area contributed by atoms with Crippen LogP contribution in [-0.2, 0) is 24.9 Å². The number of aryl methyl sites for hydroxylation is 2. The molecule has 0 fully saturated rings. The number of thiazole rings is 1. The smallest absolute Gasteiger partial charge is 0.252 e. The normalized spacial score (nSPS) is 11.3. The fourth-order valence-electron chi connectivity index (χ4n) is 1.86. The van der Waals surface area contributed by atoms with E-state index in [9.17, 15) is 0 Å². The van der Waals surface area contributed by atoms with Crippen molar-refractivity contribution >= 4 is 26.8 Å². The molecule has 0 unspecified atom stereocenters. The zero-order valence-corrected chi connectivity index (χ0v) is 12.2. The van der Waals surface area contributed by atoms with Gasteiger partial charge in [-0.15, -0.1) is 0 Å². The molecule has 20 heavy (non-hydrogen) atoms. The number of rotatable bonds is 5. The van der Waals surface area contributed by atoms with Crippen LogP contribution in [0.1, 0.15) is 17.4 Å². The molecule has 0 bridgehead atoms. The van der Waals surface area contributed by atoms with E-state index in [2.05, 4.69) is 25.5 Å². The lowest BCUT2D eigenvalue weighted by Crippen LogP contribution is -2.01. The molecule has 0 aromatic carbocycles. The summed E-state index contributed by atoms with van der Waals surface area (Å²) in [5.74, 6) is 1.04. The van der Waals surface area contributed by atoms with E-state index in [0.29, 0.717) is 24.9 Å². The summed E-state index contributed by atoms with van der Waals surface area (Å²) in [4.78, 5) is 8.67. The van der Waals surface area contributed by atoms with Crippen molar-refractivity contribution in [3.05, 3.63) is 17.4 Å². The van der Waals surface area contributed by atoms with Crippen LogP contribution in [0.25, 0.3) is 10.3 Å². The standard InChI is InChI=1S/C11H14N6O2S/c1-6-9-10(17(2)15-6)14-11(20-9)12-4-7-13-8(5-18-3)19-16-7/h4-5H2,1-3H3,(H,12,14). The van der Waals surface area contributed by atoms with E-state index >= 15 is 0 Å². The highest BCUT2D eigenvalue weighted by atomic mass is 32.1. The van der Waals surface area contributed by atoms with Crippen molar-refractivity contribution < 1.29 is 9.26 Å². The van der Waals surface area contributed by atoms with Crippen LogP contribution in [0, 0.1) is 6.92 Å². The van der Waals surface area contributed by atoms with Gasteiger partial charge in [0, 0.05) is 14.2 Å². The summed E-state index contributed by atoms with van der Waals surface area (Å²) in [6, 6.07) is 0. The second kappa shape index (κ2) is 5.17. The predicted octanol–water partition coefficient (Wildman–Crippen LogP) is 1.48. The van der Waals surface area contributed by atoms with Crippen molar-refractivity contribution in [2.24, 2.45) is 7.05 Å². The molecule has 0 atom stereocenters. The number of fused-ring (bicyclic) bond motifs is 1. The third kappa shape index (κ3) is 2.37. The number of nitrogens with one attached hydrogen (secondary N) is 1. The number of hydrogen-bond acceptors (Lipinski definition) is 8. The van der Waals surface area contributed by atoms with Crippen LogP contribution in [0.5, 0.6) is 0 Å². The van der Waals surface area contributed by atoms with Gasteiger partial charge in [-0.1, -0.05) is 16.5 Å². The molecule has 0 radical (unpaired) electrons. The lowest BCUT2D eigenvalue weighted by Gasteiger charge is -1.96. The number of aromatic nitrogens is 5. The fraction of sp³-hybridized carbons (Fsp3) is 0.455. The van der Waals surface area contributed by atoms with Crippen LogP contribution in [0.3, 0.4) is 0 Å². The molecular formula is C11H14N6O2S. The molecule has 106 valence electrons. The Morgan fingerprint density at radius 3 is 3.00 bits per heavy atom. The third-order valence-electron chi connectivity index (χ3n) is 2.72. The minimum atomic E-state index is 0.318. The van der Waals surface area contributed by atoms with Crippen LogP contribution in [0.4, 0.5) is 5.13 Å². The maximum atomic E-state index is 5.02. The van der Waals surface area contributed by atoms with E-state index in [1.54, 1.807) is 23.1 Å². The molecular weight excluding hydrogens is 280 g/mol. The first-order valence-electron chi connectivity index (χ1n) is 6.01. The monoisotopic (exact) mass is 294 g/mol. The summed E-state index contributed by atoms with van der Waals surface area (Å²) in [6.45, 7) is 2.75. The Balaban J connectivity index is 1.71. The summed E-state index contributed by atoms with van der Waals surface area (Å²) in [6.07, 6.45) is 0. The molecule has 1 N–H and O–H groups in total. The Morgan fingerprint density at radius 1 is 1.40 bits per heavy atom. The Kier molecular flexibility index (Phi) is 3.36. The predicted molar refractivity (Wildman–Crippen MR) is 73.5 cm³/mol. The molecule has 0 saturated carbocycles. The zero-order valence-electron chi connectivity index (χ0n) is 11.4. The van der Waals surface area contributed by atoms with Gasteiger partial charge in [-0.2, -0.15) is 10.1 Å². The van der Waals surface area contributed by atoms with Crippen molar-refractivity contribution in [1.29, 1.82) is 0 Å². The van der Waals surface area contributed by atoms with Gasteiger partial charge in [0.25, 0.3) is 5.89 Å². The summed E-state index contributed by atoms with van der Waals surface area (Å²) in [5, 5.41) is 12.2. The SMILES string of the molecule is COCc1nc(CNc2nc3c(s2)c(C)nn3C)no1. The van der Waals surface area contributed by atoms with Crippen LogP contribution >= 0.6 is 11.3 Å². The fourth-order valence-corrected chi connectivity index (χ4v) is 2.79. The van der Waals surface area contributed by atoms with Gasteiger partial charge < -0.3 is 14.6 Å². The van der Waals surface area contributed by atoms with Gasteiger partial charge in [-0.3, -0.25) is 0 Å². The molecule has 0 aliphatic carbocycles. The highest BCUT2D eigenvalue weighted by Crippen LogP contribution is 2.28. The number of hydrogen-bond donors (Lipinski definition) is 1. The molecule has 9 heteroatoms. The maximum absolute atomic E-state index is 5.02. The van der Waals surface area contributed by atoms with Gasteiger partial charge in [0.2, 0.25) is 0 Å². The van der Waals surface area contributed by atoms with Gasteiger partial charge in [0.05, 0.1) is 16.9 Å². The van der Waals surface area contributed by atoms with Crippen molar-refractivity contribution in [1.82, 2.24) is 24.9 Å². The van der Waals surface area contributed by atoms with Crippen LogP contribution in [0.15, 0.2) is 4.52 Å². The first kappa shape index (κ1) is 13.0. The number of anilines is 1. The Labute approximate surface area is 118 Å². The Hall–Kier alpha value is -2.00. The molecule has 3 aromatic rings. The molecule has 0 aliphatic rings. The van der Waals surface area contributed by atoms with Crippen molar-refractivity contribution in [3.63, 3.8) is 0 Å². The van der Waals surface area contributed by atoms with E-state index in [0.717, 1.165) is 21.2 Å². The quantitative estimate of drug-likeness (QED) is 0.762. The molecule has 0 saturated heterocycles. The van der Waals surface area contributed by atoms with Crippen LogP contribution < -0.4 is 5.32 Å². The molecule has 8 nitrogen and oxygen atoms in total. The molecule has 3 rings (SSSR count). The van der Waals surface area contributed by atoms with Gasteiger partial charge in [0.15, 0.2) is 16.6 Å². The van der Waals surface area contributed by atoms with Crippen molar-refractivity contribution in [2.75, 3.05) is 12.4 Å². The molecule has 0 spiro atoms. The summed E-state index contributed by atoms with van der Waals surface area (Å²) in [5.41, 5.74) is 1.86. The second-order valence-corrected chi connectivity index (χ2v) is 5.27. The average molecular weight is 294 g/mol. The molecule has 3 aromatic heterocycles. The van der Waals surface area contributed by atoms with Crippen LogP contribution in [0.2, 0.25) is 0 Å². The van der Waals surface area contributed by atoms with Crippen LogP contribution in [-0.4, -0.2) is 32.0 Å². The van der Waals surface area contributed by atoms with Gasteiger partial charge in [0.1, 0.15) is 6.61 Å². The summed E-state index contributed by atoms with van der Waals surface area (Å²) >= 11 is 1.56. The molecule has 3 heterocycles. The lowest BCUT2D eigenvalue weighted by molar-refractivity contribution is 0.151. The van der Waals surface area contributed by atoms with Gasteiger partial charge in [-0.25, -0.2) is 9.67 Å². The van der Waals surface area contributed by atoms with E-state index in [1.165, 1.54) is 0 Å². The average Bonchev–Trinajstić information content (AvgIpc) is 3.07.